The van der Waals surface area contributed by atoms with Crippen molar-refractivity contribution < 1.29 is 14.0 Å². The van der Waals surface area contributed by atoms with Crippen LogP contribution in [0.4, 0.5) is 4.39 Å². The molecule has 7 nitrogen and oxygen atoms in total. The molecule has 3 heterocycles. The van der Waals surface area contributed by atoms with E-state index in [0.29, 0.717) is 24.4 Å². The lowest BCUT2D eigenvalue weighted by molar-refractivity contribution is -0.127. The lowest BCUT2D eigenvalue weighted by Gasteiger charge is -2.32. The van der Waals surface area contributed by atoms with Crippen LogP contribution in [0.15, 0.2) is 36.5 Å². The molecule has 30 heavy (non-hydrogen) atoms. The highest BCUT2D eigenvalue weighted by Gasteiger charge is 2.32. The largest absolute Gasteiger partial charge is 0.353 e. The van der Waals surface area contributed by atoms with Crippen LogP contribution in [0.3, 0.4) is 0 Å². The monoisotopic (exact) mass is 409 g/mol. The molecule has 1 aromatic carbocycles. The second-order valence-electron chi connectivity index (χ2n) is 8.56. The number of hydrogen-bond acceptors (Lipinski definition) is 4. The van der Waals surface area contributed by atoms with Crippen LogP contribution >= 0.6 is 0 Å². The highest BCUT2D eigenvalue weighted by Crippen LogP contribution is 2.30. The van der Waals surface area contributed by atoms with Crippen LogP contribution in [0, 0.1) is 5.82 Å². The topological polar surface area (TPSA) is 79.6 Å². The lowest BCUT2D eigenvalue weighted by Crippen LogP contribution is -2.55. The Balaban J connectivity index is 1.82. The Bertz CT molecular complexity index is 1130. The summed E-state index contributed by atoms with van der Waals surface area (Å²) in [6, 6.07) is 7.51. The molecule has 4 rings (SSSR count). The van der Waals surface area contributed by atoms with E-state index in [4.69, 9.17) is 0 Å². The molecule has 8 heteroatoms. The van der Waals surface area contributed by atoms with Crippen molar-refractivity contribution in [2.24, 2.45) is 0 Å². The van der Waals surface area contributed by atoms with Gasteiger partial charge in [0.15, 0.2) is 5.65 Å². The van der Waals surface area contributed by atoms with E-state index in [2.05, 4.69) is 36.2 Å². The van der Waals surface area contributed by atoms with Crippen molar-refractivity contribution >= 4 is 17.5 Å². The summed E-state index contributed by atoms with van der Waals surface area (Å²) in [5, 5.41) is 7.37. The van der Waals surface area contributed by atoms with Gasteiger partial charge in [-0.3, -0.25) is 9.59 Å². The third kappa shape index (κ3) is 3.53. The summed E-state index contributed by atoms with van der Waals surface area (Å²) >= 11 is 0. The number of nitrogens with zero attached hydrogens (tertiary/aromatic N) is 4. The van der Waals surface area contributed by atoms with E-state index in [1.807, 2.05) is 6.07 Å². The van der Waals surface area contributed by atoms with Crippen molar-refractivity contribution in [3.8, 4) is 11.3 Å². The third-order valence-electron chi connectivity index (χ3n) is 5.35. The molecular formula is C22H24FN5O2. The van der Waals surface area contributed by atoms with Gasteiger partial charge in [0, 0.05) is 24.2 Å². The number of fused-ring (bicyclic) bond motifs is 1. The van der Waals surface area contributed by atoms with Crippen LogP contribution < -0.4 is 5.32 Å². The van der Waals surface area contributed by atoms with Crippen LogP contribution in [0.25, 0.3) is 16.9 Å². The molecule has 1 aliphatic rings. The number of imidazole rings is 1. The van der Waals surface area contributed by atoms with Gasteiger partial charge < -0.3 is 10.2 Å². The Labute approximate surface area is 173 Å². The molecule has 1 aliphatic heterocycles. The number of amides is 2. The third-order valence-corrected chi connectivity index (χ3v) is 5.35. The number of rotatable bonds is 2. The Hall–Kier alpha value is -3.29. The molecule has 3 aromatic rings. The van der Waals surface area contributed by atoms with Gasteiger partial charge in [-0.25, -0.2) is 13.9 Å². The number of carbonyl (C=O) groups is 2. The van der Waals surface area contributed by atoms with E-state index in [0.717, 1.165) is 11.1 Å². The Kier molecular flexibility index (Phi) is 4.80. The normalized spacial score (nSPS) is 17.3. The fraction of sp³-hybridized carbons (Fsp3) is 0.364. The number of piperazine rings is 1. The minimum absolute atomic E-state index is 0.175. The molecule has 0 saturated carbocycles. The van der Waals surface area contributed by atoms with Crippen molar-refractivity contribution in [1.29, 1.82) is 0 Å². The van der Waals surface area contributed by atoms with Gasteiger partial charge in [0.05, 0.1) is 11.9 Å². The number of nitrogens with one attached hydrogen (secondary N) is 1. The standard InChI is InChI=1S/C22H24FN5O2/c1-13-20(29)24-9-10-27(13)21(30)18-12-28-19(25-18)16(22(2,3)4)11-17(26-28)14-5-7-15(23)8-6-14/h5-8,11-13H,9-10H2,1-4H3,(H,24,29)/t13-/m1/s1. The maximum Gasteiger partial charge on any atom is 0.274 e. The molecule has 2 amide bonds. The molecule has 0 radical (unpaired) electrons. The average molecular weight is 409 g/mol. The first-order valence-electron chi connectivity index (χ1n) is 9.90. The fourth-order valence-electron chi connectivity index (χ4n) is 3.60. The molecule has 2 aromatic heterocycles. The molecule has 1 atom stereocenters. The smallest absolute Gasteiger partial charge is 0.274 e. The molecule has 0 aliphatic carbocycles. The lowest BCUT2D eigenvalue weighted by atomic mass is 9.87. The van der Waals surface area contributed by atoms with Gasteiger partial charge in [-0.1, -0.05) is 20.8 Å². The zero-order valence-corrected chi connectivity index (χ0v) is 17.4. The van der Waals surface area contributed by atoms with Gasteiger partial charge in [0.2, 0.25) is 5.91 Å². The molecule has 0 unspecified atom stereocenters. The molecule has 1 fully saturated rings. The van der Waals surface area contributed by atoms with E-state index in [1.54, 1.807) is 29.8 Å². The van der Waals surface area contributed by atoms with Crippen LogP contribution in [0.5, 0.6) is 0 Å². The quantitative estimate of drug-likeness (QED) is 0.706. The Morgan fingerprint density at radius 1 is 1.23 bits per heavy atom. The zero-order valence-electron chi connectivity index (χ0n) is 17.4. The highest BCUT2D eigenvalue weighted by molar-refractivity contribution is 5.97. The van der Waals surface area contributed by atoms with E-state index < -0.39 is 6.04 Å². The molecular weight excluding hydrogens is 385 g/mol. The van der Waals surface area contributed by atoms with Gasteiger partial charge >= 0.3 is 0 Å². The molecule has 0 bridgehead atoms. The van der Waals surface area contributed by atoms with Gasteiger partial charge in [0.1, 0.15) is 17.6 Å². The first kappa shape index (κ1) is 20.0. The minimum atomic E-state index is -0.555. The van der Waals surface area contributed by atoms with Gasteiger partial charge in [0.25, 0.3) is 5.91 Å². The summed E-state index contributed by atoms with van der Waals surface area (Å²) in [6.07, 6.45) is 1.60. The number of carbonyl (C=O) groups excluding carboxylic acids is 2. The average Bonchev–Trinajstić information content (AvgIpc) is 3.12. The predicted octanol–water partition coefficient (Wildman–Crippen LogP) is 2.79. The van der Waals surface area contributed by atoms with Gasteiger partial charge in [-0.2, -0.15) is 5.10 Å². The molecule has 1 N–H and O–H groups in total. The zero-order chi connectivity index (χ0) is 21.6. The maximum atomic E-state index is 13.3. The number of benzene rings is 1. The van der Waals surface area contributed by atoms with Gasteiger partial charge in [-0.05, 0) is 42.7 Å². The summed E-state index contributed by atoms with van der Waals surface area (Å²) < 4.78 is 14.9. The second kappa shape index (κ2) is 7.19. The minimum Gasteiger partial charge on any atom is -0.353 e. The first-order valence-corrected chi connectivity index (χ1v) is 9.90. The molecule has 0 spiro atoms. The predicted molar refractivity (Wildman–Crippen MR) is 111 cm³/mol. The number of halogens is 1. The molecule has 1 saturated heterocycles. The SMILES string of the molecule is C[C@@H]1C(=O)NCCN1C(=O)c1cn2nc(-c3ccc(F)cc3)cc(C(C)(C)C)c2n1. The summed E-state index contributed by atoms with van der Waals surface area (Å²) in [5.74, 6) is -0.789. The van der Waals surface area contributed by atoms with Crippen molar-refractivity contribution in [2.45, 2.75) is 39.2 Å². The summed E-state index contributed by atoms with van der Waals surface area (Å²) in [6.45, 7) is 8.73. The highest BCUT2D eigenvalue weighted by atomic mass is 19.1. The first-order chi connectivity index (χ1) is 14.1. The van der Waals surface area contributed by atoms with Crippen LogP contribution in [-0.2, 0) is 10.2 Å². The van der Waals surface area contributed by atoms with E-state index in [-0.39, 0.29) is 28.7 Å². The summed E-state index contributed by atoms with van der Waals surface area (Å²) in [7, 11) is 0. The number of hydrogen-bond donors (Lipinski definition) is 1. The van der Waals surface area contributed by atoms with Crippen LogP contribution in [0.2, 0.25) is 0 Å². The Morgan fingerprint density at radius 3 is 2.60 bits per heavy atom. The van der Waals surface area contributed by atoms with E-state index in [1.165, 1.54) is 17.0 Å². The van der Waals surface area contributed by atoms with Crippen molar-refractivity contribution in [3.63, 3.8) is 0 Å². The van der Waals surface area contributed by atoms with E-state index >= 15 is 0 Å². The molecule has 156 valence electrons. The van der Waals surface area contributed by atoms with Crippen molar-refractivity contribution in [2.75, 3.05) is 13.1 Å². The maximum absolute atomic E-state index is 13.3. The summed E-state index contributed by atoms with van der Waals surface area (Å²) in [4.78, 5) is 31.1. The summed E-state index contributed by atoms with van der Waals surface area (Å²) in [5.41, 5.74) is 2.92. The van der Waals surface area contributed by atoms with Crippen LogP contribution in [-0.4, -0.2) is 50.4 Å². The van der Waals surface area contributed by atoms with Crippen molar-refractivity contribution in [3.05, 3.63) is 53.6 Å². The Morgan fingerprint density at radius 2 is 1.93 bits per heavy atom. The van der Waals surface area contributed by atoms with E-state index in [9.17, 15) is 14.0 Å². The fourth-order valence-corrected chi connectivity index (χ4v) is 3.60. The van der Waals surface area contributed by atoms with Gasteiger partial charge in [-0.15, -0.1) is 0 Å². The second-order valence-corrected chi connectivity index (χ2v) is 8.56. The van der Waals surface area contributed by atoms with Crippen molar-refractivity contribution in [1.82, 2.24) is 24.8 Å². The van der Waals surface area contributed by atoms with Crippen LogP contribution in [0.1, 0.15) is 43.7 Å². The number of aromatic nitrogens is 3.